The van der Waals surface area contributed by atoms with Gasteiger partial charge in [0.1, 0.15) is 5.54 Å². The normalized spacial score (nSPS) is 30.1. The van der Waals surface area contributed by atoms with Crippen LogP contribution < -0.4 is 0 Å². The fourth-order valence-electron chi connectivity index (χ4n) is 2.78. The van der Waals surface area contributed by atoms with Crippen LogP contribution in [0, 0.1) is 5.92 Å². The molecule has 1 saturated carbocycles. The highest BCUT2D eigenvalue weighted by atomic mass is 16.4. The molecule has 1 aliphatic carbocycles. The quantitative estimate of drug-likeness (QED) is 0.746. The number of hydrogen-bond acceptors (Lipinski definition) is 2. The average molecular weight is 227 g/mol. The number of nitrogens with zero attached hydrogens (tertiary/aromatic N) is 1. The zero-order valence-electron chi connectivity index (χ0n) is 10.3. The molecule has 0 aromatic rings. The Balaban J connectivity index is 3.03. The Morgan fingerprint density at radius 3 is 2.56 bits per heavy atom. The topological polar surface area (TPSA) is 57.6 Å². The Kier molecular flexibility index (Phi) is 3.94. The van der Waals surface area contributed by atoms with Crippen molar-refractivity contribution in [1.29, 1.82) is 0 Å². The molecule has 0 aliphatic heterocycles. The molecule has 2 atom stereocenters. The van der Waals surface area contributed by atoms with Gasteiger partial charge in [-0.3, -0.25) is 4.79 Å². The summed E-state index contributed by atoms with van der Waals surface area (Å²) in [6, 6.07) is -0.0705. The minimum atomic E-state index is -0.979. The van der Waals surface area contributed by atoms with Gasteiger partial charge in [-0.25, -0.2) is 4.79 Å². The van der Waals surface area contributed by atoms with Gasteiger partial charge < -0.3 is 10.0 Å². The lowest BCUT2D eigenvalue weighted by molar-refractivity contribution is -0.161. The van der Waals surface area contributed by atoms with Crippen molar-refractivity contribution >= 4 is 12.4 Å². The zero-order valence-corrected chi connectivity index (χ0v) is 10.3. The zero-order chi connectivity index (χ0) is 12.3. The average Bonchev–Trinajstić information content (AvgIpc) is 2.17. The first-order valence-electron chi connectivity index (χ1n) is 5.91. The SMILES string of the molecule is CC1CCCC(C(=O)O)(N(C=O)C(C)C)C1. The lowest BCUT2D eigenvalue weighted by atomic mass is 9.75. The predicted molar refractivity (Wildman–Crippen MR) is 61.0 cm³/mol. The van der Waals surface area contributed by atoms with Crippen molar-refractivity contribution in [2.45, 2.75) is 58.0 Å². The van der Waals surface area contributed by atoms with Gasteiger partial charge in [0.05, 0.1) is 0 Å². The summed E-state index contributed by atoms with van der Waals surface area (Å²) in [5, 5.41) is 9.46. The molecule has 0 aromatic carbocycles. The fraction of sp³-hybridized carbons (Fsp3) is 0.833. The second-order valence-corrected chi connectivity index (χ2v) is 5.14. The highest BCUT2D eigenvalue weighted by Gasteiger charge is 2.47. The van der Waals surface area contributed by atoms with Crippen molar-refractivity contribution in [2.24, 2.45) is 5.92 Å². The molecule has 1 fully saturated rings. The molecule has 16 heavy (non-hydrogen) atoms. The lowest BCUT2D eigenvalue weighted by Gasteiger charge is -2.45. The van der Waals surface area contributed by atoms with E-state index in [1.165, 1.54) is 4.90 Å². The van der Waals surface area contributed by atoms with Crippen LogP contribution in [0.15, 0.2) is 0 Å². The van der Waals surface area contributed by atoms with Gasteiger partial charge in [-0.15, -0.1) is 0 Å². The maximum Gasteiger partial charge on any atom is 0.329 e. The molecular weight excluding hydrogens is 206 g/mol. The van der Waals surface area contributed by atoms with Crippen molar-refractivity contribution < 1.29 is 14.7 Å². The van der Waals surface area contributed by atoms with Crippen LogP contribution in [0.5, 0.6) is 0 Å². The van der Waals surface area contributed by atoms with Gasteiger partial charge in [-0.1, -0.05) is 19.8 Å². The summed E-state index contributed by atoms with van der Waals surface area (Å²) < 4.78 is 0. The van der Waals surface area contributed by atoms with Crippen LogP contribution >= 0.6 is 0 Å². The molecule has 92 valence electrons. The van der Waals surface area contributed by atoms with E-state index in [0.717, 1.165) is 12.8 Å². The van der Waals surface area contributed by atoms with E-state index in [9.17, 15) is 14.7 Å². The largest absolute Gasteiger partial charge is 0.479 e. The van der Waals surface area contributed by atoms with Gasteiger partial charge in [0.2, 0.25) is 6.41 Å². The van der Waals surface area contributed by atoms with Gasteiger partial charge in [-0.2, -0.15) is 0 Å². The van der Waals surface area contributed by atoms with E-state index in [2.05, 4.69) is 6.92 Å². The maximum atomic E-state index is 11.5. The molecule has 1 N–H and O–H groups in total. The standard InChI is InChI=1S/C12H21NO3/c1-9(2)13(8-14)12(11(15)16)6-4-5-10(3)7-12/h8-10H,4-7H2,1-3H3,(H,15,16). The van der Waals surface area contributed by atoms with Crippen LogP contribution in [0.4, 0.5) is 0 Å². The van der Waals surface area contributed by atoms with Crippen LogP contribution in [0.1, 0.15) is 46.5 Å². The third kappa shape index (κ3) is 2.20. The number of carbonyl (C=O) groups is 2. The highest BCUT2D eigenvalue weighted by Crippen LogP contribution is 2.37. The van der Waals surface area contributed by atoms with Gasteiger partial charge >= 0.3 is 5.97 Å². The van der Waals surface area contributed by atoms with Crippen LogP contribution in [-0.4, -0.2) is 34.0 Å². The van der Waals surface area contributed by atoms with E-state index in [4.69, 9.17) is 0 Å². The summed E-state index contributed by atoms with van der Waals surface area (Å²) >= 11 is 0. The van der Waals surface area contributed by atoms with Crippen molar-refractivity contribution in [3.05, 3.63) is 0 Å². The minimum absolute atomic E-state index is 0.0705. The van der Waals surface area contributed by atoms with Crippen LogP contribution in [0.2, 0.25) is 0 Å². The van der Waals surface area contributed by atoms with Gasteiger partial charge in [0.15, 0.2) is 0 Å². The van der Waals surface area contributed by atoms with Crippen molar-refractivity contribution in [2.75, 3.05) is 0 Å². The lowest BCUT2D eigenvalue weighted by Crippen LogP contribution is -2.58. The van der Waals surface area contributed by atoms with Crippen LogP contribution in [-0.2, 0) is 9.59 Å². The molecule has 0 radical (unpaired) electrons. The third-order valence-electron chi connectivity index (χ3n) is 3.54. The number of carboxylic acids is 1. The molecule has 4 nitrogen and oxygen atoms in total. The van der Waals surface area contributed by atoms with Crippen molar-refractivity contribution in [1.82, 2.24) is 4.90 Å². The van der Waals surface area contributed by atoms with E-state index in [1.54, 1.807) is 0 Å². The second-order valence-electron chi connectivity index (χ2n) is 5.14. The molecule has 0 saturated heterocycles. The third-order valence-corrected chi connectivity index (χ3v) is 3.54. The van der Waals surface area contributed by atoms with Crippen molar-refractivity contribution in [3.8, 4) is 0 Å². The molecule has 1 aliphatic rings. The highest BCUT2D eigenvalue weighted by molar-refractivity contribution is 5.81. The first-order valence-corrected chi connectivity index (χ1v) is 5.91. The number of hydrogen-bond donors (Lipinski definition) is 1. The van der Waals surface area contributed by atoms with Crippen molar-refractivity contribution in [3.63, 3.8) is 0 Å². The minimum Gasteiger partial charge on any atom is -0.479 e. The first kappa shape index (κ1) is 13.0. The molecule has 1 amide bonds. The summed E-state index contributed by atoms with van der Waals surface area (Å²) in [6.07, 6.45) is 3.77. The molecule has 4 heteroatoms. The summed E-state index contributed by atoms with van der Waals surface area (Å²) in [5.41, 5.74) is -0.979. The molecule has 2 unspecified atom stereocenters. The van der Waals surface area contributed by atoms with E-state index >= 15 is 0 Å². The number of carboxylic acid groups (broad SMARTS) is 1. The van der Waals surface area contributed by atoms with Gasteiger partial charge in [0, 0.05) is 6.04 Å². The Labute approximate surface area is 96.6 Å². The van der Waals surface area contributed by atoms with E-state index in [1.807, 2.05) is 13.8 Å². The van der Waals surface area contributed by atoms with Crippen LogP contribution in [0.25, 0.3) is 0 Å². The van der Waals surface area contributed by atoms with E-state index in [0.29, 0.717) is 25.2 Å². The summed E-state index contributed by atoms with van der Waals surface area (Å²) in [5.74, 6) is -0.495. The monoisotopic (exact) mass is 227 g/mol. The maximum absolute atomic E-state index is 11.5. The Bertz CT molecular complexity index is 277. The second kappa shape index (κ2) is 4.85. The summed E-state index contributed by atoms with van der Waals surface area (Å²) in [6.45, 7) is 5.77. The Morgan fingerprint density at radius 1 is 1.56 bits per heavy atom. The number of amides is 1. The van der Waals surface area contributed by atoms with Crippen LogP contribution in [0.3, 0.4) is 0 Å². The molecule has 0 bridgehead atoms. The molecule has 0 aromatic heterocycles. The predicted octanol–water partition coefficient (Wildman–Crippen LogP) is 1.89. The Hall–Kier alpha value is -1.06. The van der Waals surface area contributed by atoms with Gasteiger partial charge in [0.25, 0.3) is 0 Å². The number of aliphatic carboxylic acids is 1. The summed E-state index contributed by atoms with van der Waals surface area (Å²) in [4.78, 5) is 24.1. The molecule has 0 heterocycles. The Morgan fingerprint density at radius 2 is 2.19 bits per heavy atom. The van der Waals surface area contributed by atoms with E-state index in [-0.39, 0.29) is 6.04 Å². The summed E-state index contributed by atoms with van der Waals surface area (Å²) in [7, 11) is 0. The number of carbonyl (C=O) groups excluding carboxylic acids is 1. The van der Waals surface area contributed by atoms with Gasteiger partial charge in [-0.05, 0) is 32.6 Å². The first-order chi connectivity index (χ1) is 7.44. The number of rotatable bonds is 4. The molecule has 1 rings (SSSR count). The molecular formula is C12H21NO3. The fourth-order valence-corrected chi connectivity index (χ4v) is 2.78. The molecule has 0 spiro atoms. The smallest absolute Gasteiger partial charge is 0.329 e. The van der Waals surface area contributed by atoms with E-state index < -0.39 is 11.5 Å².